The van der Waals surface area contributed by atoms with Gasteiger partial charge in [-0.1, -0.05) is 44.2 Å². The molecule has 24 heavy (non-hydrogen) atoms. The number of benzene rings is 2. The van der Waals surface area contributed by atoms with Crippen LogP contribution in [0.3, 0.4) is 0 Å². The number of ether oxygens (including phenoxy) is 1. The molecule has 2 aliphatic carbocycles. The number of rotatable bonds is 2. The van der Waals surface area contributed by atoms with Crippen LogP contribution in [0.5, 0.6) is 0 Å². The average molecular weight is 321 g/mol. The van der Waals surface area contributed by atoms with Crippen molar-refractivity contribution >= 4 is 22.4 Å². The highest BCUT2D eigenvalue weighted by atomic mass is 16.5. The molecular weight excluding hydrogens is 298 g/mol. The summed E-state index contributed by atoms with van der Waals surface area (Å²) in [6, 6.07) is 14.3. The van der Waals surface area contributed by atoms with Crippen molar-refractivity contribution in [3.05, 3.63) is 42.5 Å². The zero-order chi connectivity index (χ0) is 16.6. The van der Waals surface area contributed by atoms with E-state index < -0.39 is 5.60 Å². The van der Waals surface area contributed by atoms with Crippen molar-refractivity contribution in [3.63, 3.8) is 0 Å². The molecule has 2 saturated carbocycles. The fourth-order valence-electron chi connectivity index (χ4n) is 5.76. The van der Waals surface area contributed by atoms with Gasteiger partial charge >= 0.3 is 0 Å². The van der Waals surface area contributed by atoms with Gasteiger partial charge in [-0.05, 0) is 48.1 Å². The molecule has 0 unspecified atom stereocenters. The molecule has 4 atom stereocenters. The highest BCUT2D eigenvalue weighted by Crippen LogP contribution is 2.75. The molecule has 1 N–H and O–H groups in total. The summed E-state index contributed by atoms with van der Waals surface area (Å²) in [6.07, 6.45) is 3.21. The van der Waals surface area contributed by atoms with Crippen molar-refractivity contribution in [2.24, 2.45) is 16.7 Å². The Labute approximate surface area is 142 Å². The third-order valence-corrected chi connectivity index (χ3v) is 7.57. The lowest BCUT2D eigenvalue weighted by Crippen LogP contribution is -2.52. The second-order valence-electron chi connectivity index (χ2n) is 8.32. The number of fused-ring (bicyclic) bond motifs is 1. The molecule has 5 rings (SSSR count). The Kier molecular flexibility index (Phi) is 2.65. The minimum Gasteiger partial charge on any atom is -0.364 e. The van der Waals surface area contributed by atoms with Crippen LogP contribution in [0.15, 0.2) is 42.5 Å². The molecule has 3 nitrogen and oxygen atoms in total. The summed E-state index contributed by atoms with van der Waals surface area (Å²) in [5.74, 6) is 0.671. The Balaban J connectivity index is 1.49. The van der Waals surface area contributed by atoms with E-state index in [4.69, 9.17) is 4.74 Å². The monoisotopic (exact) mass is 321 g/mol. The van der Waals surface area contributed by atoms with E-state index in [0.717, 1.165) is 30.5 Å². The number of anilines is 1. The third-order valence-electron chi connectivity index (χ3n) is 7.57. The zero-order valence-electron chi connectivity index (χ0n) is 14.3. The fraction of sp³-hybridized carbons (Fsp3) is 0.476. The molecule has 124 valence electrons. The average Bonchev–Trinajstić information content (AvgIpc) is 3.06. The number of carbonyl (C=O) groups is 1. The molecule has 2 aromatic carbocycles. The molecular formula is C21H23NO2. The first-order valence-corrected chi connectivity index (χ1v) is 8.93. The molecule has 3 aliphatic rings. The number of nitrogens with one attached hydrogen (secondary N) is 1. The van der Waals surface area contributed by atoms with E-state index in [-0.39, 0.29) is 16.7 Å². The van der Waals surface area contributed by atoms with Gasteiger partial charge in [-0.15, -0.1) is 0 Å². The summed E-state index contributed by atoms with van der Waals surface area (Å²) in [5, 5.41) is 5.49. The van der Waals surface area contributed by atoms with Gasteiger partial charge in [0.05, 0.1) is 6.61 Å². The first-order chi connectivity index (χ1) is 11.5. The van der Waals surface area contributed by atoms with Crippen molar-refractivity contribution in [1.82, 2.24) is 0 Å². The minimum absolute atomic E-state index is 0.0361. The predicted octanol–water partition coefficient (Wildman–Crippen LogP) is 4.37. The van der Waals surface area contributed by atoms with Crippen LogP contribution in [0, 0.1) is 16.7 Å². The normalized spacial score (nSPS) is 39.5. The van der Waals surface area contributed by atoms with Crippen molar-refractivity contribution in [2.45, 2.75) is 38.7 Å². The standard InChI is InChI=1S/C21H23NO2/c1-19-13-24-21(12-16(19)9-10-20(19,21)2)18(23)22-17-8-7-14-5-3-4-6-15(14)11-17/h3-8,11,16H,9-10,12-13H2,1-2H3,(H,22,23)/t16-,19+,20-,21+/m1/s1. The maximum Gasteiger partial charge on any atom is 0.257 e. The molecule has 1 aliphatic heterocycles. The van der Waals surface area contributed by atoms with E-state index in [1.807, 2.05) is 24.3 Å². The molecule has 0 spiro atoms. The molecule has 1 amide bonds. The van der Waals surface area contributed by atoms with Gasteiger partial charge in [0.25, 0.3) is 5.91 Å². The molecule has 3 fully saturated rings. The molecule has 4 bridgehead atoms. The summed E-state index contributed by atoms with van der Waals surface area (Å²) < 4.78 is 6.19. The van der Waals surface area contributed by atoms with Crippen LogP contribution >= 0.6 is 0 Å². The minimum atomic E-state index is -0.643. The van der Waals surface area contributed by atoms with E-state index in [0.29, 0.717) is 5.92 Å². The summed E-state index contributed by atoms with van der Waals surface area (Å²) in [4.78, 5) is 13.2. The first kappa shape index (κ1) is 14.5. The van der Waals surface area contributed by atoms with Crippen LogP contribution in [0.25, 0.3) is 10.8 Å². The number of carbonyl (C=O) groups excluding carboxylic acids is 1. The van der Waals surface area contributed by atoms with E-state index in [1.165, 1.54) is 11.8 Å². The smallest absolute Gasteiger partial charge is 0.257 e. The second kappa shape index (κ2) is 4.40. The van der Waals surface area contributed by atoms with Crippen LogP contribution in [0.4, 0.5) is 5.69 Å². The van der Waals surface area contributed by atoms with Gasteiger partial charge in [0.15, 0.2) is 5.60 Å². The zero-order valence-corrected chi connectivity index (χ0v) is 14.3. The van der Waals surface area contributed by atoms with Gasteiger partial charge < -0.3 is 10.1 Å². The first-order valence-electron chi connectivity index (χ1n) is 8.93. The predicted molar refractivity (Wildman–Crippen MR) is 94.8 cm³/mol. The van der Waals surface area contributed by atoms with E-state index in [2.05, 4.69) is 37.4 Å². The van der Waals surface area contributed by atoms with Gasteiger partial charge in [0.2, 0.25) is 0 Å². The summed E-state index contributed by atoms with van der Waals surface area (Å²) in [6.45, 7) is 5.31. The van der Waals surface area contributed by atoms with Crippen molar-refractivity contribution in [3.8, 4) is 0 Å². The SMILES string of the molecule is C[C@]12CC[C@@H]3C[C@@]1(C(=O)Nc1ccc4ccccc4c1)OC[C@@]32C. The lowest BCUT2D eigenvalue weighted by molar-refractivity contribution is -0.149. The Morgan fingerprint density at radius 3 is 2.71 bits per heavy atom. The molecule has 0 radical (unpaired) electrons. The molecule has 3 heteroatoms. The van der Waals surface area contributed by atoms with Crippen LogP contribution in [-0.4, -0.2) is 18.1 Å². The summed E-state index contributed by atoms with van der Waals surface area (Å²) in [7, 11) is 0. The van der Waals surface area contributed by atoms with Gasteiger partial charge in [0.1, 0.15) is 0 Å². The topological polar surface area (TPSA) is 38.3 Å². The number of hydrogen-bond donors (Lipinski definition) is 1. The quantitative estimate of drug-likeness (QED) is 0.892. The second-order valence-corrected chi connectivity index (χ2v) is 8.32. The van der Waals surface area contributed by atoms with Gasteiger partial charge in [-0.25, -0.2) is 0 Å². The third kappa shape index (κ3) is 1.50. The molecule has 1 heterocycles. The number of amides is 1. The Morgan fingerprint density at radius 1 is 1.17 bits per heavy atom. The maximum atomic E-state index is 13.2. The lowest BCUT2D eigenvalue weighted by Gasteiger charge is -2.40. The van der Waals surface area contributed by atoms with Crippen molar-refractivity contribution in [2.75, 3.05) is 11.9 Å². The van der Waals surface area contributed by atoms with E-state index >= 15 is 0 Å². The van der Waals surface area contributed by atoms with Crippen LogP contribution in [0.2, 0.25) is 0 Å². The van der Waals surface area contributed by atoms with E-state index in [9.17, 15) is 4.79 Å². The molecule has 0 aromatic heterocycles. The lowest BCUT2D eigenvalue weighted by atomic mass is 9.66. The molecule has 2 aromatic rings. The van der Waals surface area contributed by atoms with Crippen LogP contribution < -0.4 is 5.32 Å². The summed E-state index contributed by atoms with van der Waals surface area (Å²) >= 11 is 0. The highest BCUT2D eigenvalue weighted by Gasteiger charge is 2.78. The maximum absolute atomic E-state index is 13.2. The number of hydrogen-bond acceptors (Lipinski definition) is 2. The highest BCUT2D eigenvalue weighted by molar-refractivity contribution is 6.00. The van der Waals surface area contributed by atoms with E-state index in [1.54, 1.807) is 0 Å². The van der Waals surface area contributed by atoms with Gasteiger partial charge in [-0.3, -0.25) is 4.79 Å². The fourth-order valence-corrected chi connectivity index (χ4v) is 5.76. The van der Waals surface area contributed by atoms with Gasteiger partial charge in [-0.2, -0.15) is 0 Å². The van der Waals surface area contributed by atoms with Crippen molar-refractivity contribution < 1.29 is 9.53 Å². The Morgan fingerprint density at radius 2 is 1.96 bits per heavy atom. The van der Waals surface area contributed by atoms with Crippen molar-refractivity contribution in [1.29, 1.82) is 0 Å². The van der Waals surface area contributed by atoms with Gasteiger partial charge in [0, 0.05) is 16.5 Å². The van der Waals surface area contributed by atoms with Crippen LogP contribution in [0.1, 0.15) is 33.1 Å². The Hall–Kier alpha value is -1.87. The largest absolute Gasteiger partial charge is 0.364 e. The summed E-state index contributed by atoms with van der Waals surface area (Å²) in [5.41, 5.74) is 0.340. The Bertz CT molecular complexity index is 862. The molecule has 1 saturated heterocycles. The van der Waals surface area contributed by atoms with Crippen LogP contribution in [-0.2, 0) is 9.53 Å².